The molecular weight excluding hydrogens is 234 g/mol. The van der Waals surface area contributed by atoms with Gasteiger partial charge in [0.15, 0.2) is 0 Å². The predicted molar refractivity (Wildman–Crippen MR) is 68.2 cm³/mol. The molecule has 0 aliphatic heterocycles. The first-order valence-corrected chi connectivity index (χ1v) is 5.79. The fourth-order valence-electron chi connectivity index (χ4n) is 1.82. The first-order valence-electron chi connectivity index (χ1n) is 5.79. The molecule has 0 bridgehead atoms. The van der Waals surface area contributed by atoms with Gasteiger partial charge in [-0.2, -0.15) is 0 Å². The third-order valence-electron chi connectivity index (χ3n) is 2.65. The molecule has 1 aromatic carbocycles. The maximum Gasteiger partial charge on any atom is 0.305 e. The van der Waals surface area contributed by atoms with Crippen LogP contribution in [0.1, 0.15) is 24.9 Å². The van der Waals surface area contributed by atoms with Crippen molar-refractivity contribution in [2.45, 2.75) is 19.4 Å². The second-order valence-electron chi connectivity index (χ2n) is 3.82. The molecule has 1 aromatic rings. The minimum absolute atomic E-state index is 0.0104. The van der Waals surface area contributed by atoms with Crippen molar-refractivity contribution in [1.82, 2.24) is 5.32 Å². The fraction of sp³-hybridized carbons (Fsp3) is 0.462. The summed E-state index contributed by atoms with van der Waals surface area (Å²) in [5.74, 6) is 0.460. The van der Waals surface area contributed by atoms with Gasteiger partial charge in [-0.05, 0) is 12.6 Å². The van der Waals surface area contributed by atoms with Gasteiger partial charge in [0.05, 0.1) is 20.6 Å². The topological polar surface area (TPSA) is 67.8 Å². The molecule has 5 nitrogen and oxygen atoms in total. The molecule has 0 aliphatic carbocycles. The Balaban J connectivity index is 3.05. The van der Waals surface area contributed by atoms with Crippen LogP contribution in [0.4, 0.5) is 0 Å². The van der Waals surface area contributed by atoms with Gasteiger partial charge < -0.3 is 19.9 Å². The van der Waals surface area contributed by atoms with Crippen LogP contribution in [0.25, 0.3) is 0 Å². The van der Waals surface area contributed by atoms with Gasteiger partial charge in [-0.25, -0.2) is 0 Å². The van der Waals surface area contributed by atoms with Crippen molar-refractivity contribution in [3.8, 4) is 11.5 Å². The van der Waals surface area contributed by atoms with E-state index in [1.54, 1.807) is 26.4 Å². The molecule has 0 saturated heterocycles. The molecular formula is C13H19NO4. The summed E-state index contributed by atoms with van der Waals surface area (Å²) in [7, 11) is 3.13. The minimum Gasteiger partial charge on any atom is -0.497 e. The Morgan fingerprint density at radius 1 is 1.39 bits per heavy atom. The zero-order chi connectivity index (χ0) is 13.5. The second kappa shape index (κ2) is 6.86. The summed E-state index contributed by atoms with van der Waals surface area (Å²) < 4.78 is 10.4. The maximum atomic E-state index is 10.9. The molecule has 0 saturated carbocycles. The van der Waals surface area contributed by atoms with Gasteiger partial charge in [0.1, 0.15) is 11.5 Å². The van der Waals surface area contributed by atoms with E-state index < -0.39 is 5.97 Å². The molecule has 0 fully saturated rings. The van der Waals surface area contributed by atoms with Crippen LogP contribution >= 0.6 is 0 Å². The summed E-state index contributed by atoms with van der Waals surface area (Å²) in [5, 5.41) is 12.1. The van der Waals surface area contributed by atoms with Gasteiger partial charge >= 0.3 is 5.97 Å². The van der Waals surface area contributed by atoms with E-state index in [-0.39, 0.29) is 12.5 Å². The van der Waals surface area contributed by atoms with E-state index in [9.17, 15) is 4.79 Å². The van der Waals surface area contributed by atoms with Crippen molar-refractivity contribution in [3.05, 3.63) is 23.8 Å². The van der Waals surface area contributed by atoms with E-state index in [1.807, 2.05) is 13.0 Å². The number of hydrogen-bond acceptors (Lipinski definition) is 4. The average Bonchev–Trinajstić information content (AvgIpc) is 2.37. The number of ether oxygens (including phenoxy) is 2. The van der Waals surface area contributed by atoms with Gasteiger partial charge in [0, 0.05) is 17.7 Å². The zero-order valence-corrected chi connectivity index (χ0v) is 10.9. The fourth-order valence-corrected chi connectivity index (χ4v) is 1.82. The Kier molecular flexibility index (Phi) is 5.45. The molecule has 1 unspecified atom stereocenters. The minimum atomic E-state index is -0.848. The van der Waals surface area contributed by atoms with Crippen molar-refractivity contribution in [2.24, 2.45) is 0 Å². The molecule has 100 valence electrons. The van der Waals surface area contributed by atoms with Gasteiger partial charge in [-0.15, -0.1) is 0 Å². The molecule has 18 heavy (non-hydrogen) atoms. The molecule has 2 N–H and O–H groups in total. The molecule has 5 heteroatoms. The lowest BCUT2D eigenvalue weighted by Gasteiger charge is -2.19. The van der Waals surface area contributed by atoms with Gasteiger partial charge in [-0.3, -0.25) is 4.79 Å². The van der Waals surface area contributed by atoms with E-state index in [1.165, 1.54) is 0 Å². The number of aliphatic carboxylic acids is 1. The molecule has 1 rings (SSSR count). The highest BCUT2D eigenvalue weighted by molar-refractivity contribution is 5.68. The van der Waals surface area contributed by atoms with E-state index in [2.05, 4.69) is 5.32 Å². The van der Waals surface area contributed by atoms with Crippen molar-refractivity contribution >= 4 is 5.97 Å². The number of nitrogens with one attached hydrogen (secondary N) is 1. The van der Waals surface area contributed by atoms with Crippen molar-refractivity contribution in [1.29, 1.82) is 0 Å². The lowest BCUT2D eigenvalue weighted by molar-refractivity contribution is -0.137. The summed E-state index contributed by atoms with van der Waals surface area (Å²) in [6.45, 7) is 2.62. The van der Waals surface area contributed by atoms with Crippen molar-refractivity contribution < 1.29 is 19.4 Å². The Morgan fingerprint density at radius 3 is 2.61 bits per heavy atom. The van der Waals surface area contributed by atoms with Crippen molar-refractivity contribution in [2.75, 3.05) is 20.8 Å². The molecule has 0 aliphatic rings. The molecule has 0 heterocycles. The Morgan fingerprint density at radius 2 is 2.11 bits per heavy atom. The van der Waals surface area contributed by atoms with E-state index in [0.717, 1.165) is 5.56 Å². The SMILES string of the molecule is CCNC(CC(=O)O)c1ccc(OC)cc1OC. The van der Waals surface area contributed by atoms with Gasteiger partial charge in [0.2, 0.25) is 0 Å². The summed E-state index contributed by atoms with van der Waals surface area (Å²) in [4.78, 5) is 10.9. The van der Waals surface area contributed by atoms with E-state index in [0.29, 0.717) is 18.0 Å². The van der Waals surface area contributed by atoms with Crippen LogP contribution in [0, 0.1) is 0 Å². The van der Waals surface area contributed by atoms with Crippen LogP contribution < -0.4 is 14.8 Å². The van der Waals surface area contributed by atoms with Crippen molar-refractivity contribution in [3.63, 3.8) is 0 Å². The third kappa shape index (κ3) is 3.63. The molecule has 0 aromatic heterocycles. The Bertz CT molecular complexity index is 406. The predicted octanol–water partition coefficient (Wildman–Crippen LogP) is 1.83. The van der Waals surface area contributed by atoms with Crippen LogP contribution in [0.15, 0.2) is 18.2 Å². The van der Waals surface area contributed by atoms with E-state index >= 15 is 0 Å². The highest BCUT2D eigenvalue weighted by atomic mass is 16.5. The molecule has 0 amide bonds. The van der Waals surface area contributed by atoms with Crippen LogP contribution in [0.3, 0.4) is 0 Å². The number of hydrogen-bond donors (Lipinski definition) is 2. The van der Waals surface area contributed by atoms with Crippen LogP contribution in [0.2, 0.25) is 0 Å². The second-order valence-corrected chi connectivity index (χ2v) is 3.82. The lowest BCUT2D eigenvalue weighted by Crippen LogP contribution is -2.24. The molecule has 0 spiro atoms. The number of carbonyl (C=O) groups is 1. The van der Waals surface area contributed by atoms with Gasteiger partial charge in [-0.1, -0.05) is 13.0 Å². The third-order valence-corrected chi connectivity index (χ3v) is 2.65. The number of carboxylic acid groups (broad SMARTS) is 1. The molecule has 1 atom stereocenters. The van der Waals surface area contributed by atoms with Crippen LogP contribution in [-0.4, -0.2) is 31.8 Å². The highest BCUT2D eigenvalue weighted by Gasteiger charge is 2.18. The standard InChI is InChI=1S/C13H19NO4/c1-4-14-11(8-13(15)16)10-6-5-9(17-2)7-12(10)18-3/h5-7,11,14H,4,8H2,1-3H3,(H,15,16). The summed E-state index contributed by atoms with van der Waals surface area (Å²) in [6, 6.07) is 5.10. The monoisotopic (exact) mass is 253 g/mol. The summed E-state index contributed by atoms with van der Waals surface area (Å²) >= 11 is 0. The Labute approximate surface area is 107 Å². The summed E-state index contributed by atoms with van der Waals surface area (Å²) in [6.07, 6.45) is 0.0104. The number of benzene rings is 1. The smallest absolute Gasteiger partial charge is 0.305 e. The van der Waals surface area contributed by atoms with Crippen LogP contribution in [0.5, 0.6) is 11.5 Å². The number of rotatable bonds is 7. The summed E-state index contributed by atoms with van der Waals surface area (Å²) in [5.41, 5.74) is 0.822. The first-order chi connectivity index (χ1) is 8.62. The maximum absolute atomic E-state index is 10.9. The number of carboxylic acids is 1. The first kappa shape index (κ1) is 14.3. The quantitative estimate of drug-likeness (QED) is 0.776. The number of methoxy groups -OCH3 is 2. The molecule has 0 radical (unpaired) electrons. The van der Waals surface area contributed by atoms with Gasteiger partial charge in [0.25, 0.3) is 0 Å². The normalized spacial score (nSPS) is 11.9. The zero-order valence-electron chi connectivity index (χ0n) is 10.9. The highest BCUT2D eigenvalue weighted by Crippen LogP contribution is 2.30. The Hall–Kier alpha value is -1.75. The lowest BCUT2D eigenvalue weighted by atomic mass is 10.0. The van der Waals surface area contributed by atoms with Crippen LogP contribution in [-0.2, 0) is 4.79 Å². The van der Waals surface area contributed by atoms with E-state index in [4.69, 9.17) is 14.6 Å². The largest absolute Gasteiger partial charge is 0.497 e. The average molecular weight is 253 g/mol.